The molecule has 0 bridgehead atoms. The summed E-state index contributed by atoms with van der Waals surface area (Å²) in [4.78, 5) is 37.0. The molecule has 0 aromatic carbocycles. The Kier molecular flexibility index (Phi) is 4.63. The van der Waals surface area contributed by atoms with Crippen molar-refractivity contribution < 1.29 is 9.59 Å². The molecular weight excluding hydrogens is 284 g/mol. The highest BCUT2D eigenvalue weighted by atomic mass is 16.2. The van der Waals surface area contributed by atoms with E-state index in [-0.39, 0.29) is 34.5 Å². The fourth-order valence-corrected chi connectivity index (χ4v) is 2.43. The number of rotatable bonds is 2. The molecule has 1 fully saturated rings. The van der Waals surface area contributed by atoms with Gasteiger partial charge in [-0.15, -0.1) is 0 Å². The number of aromatic amines is 1. The Morgan fingerprint density at radius 1 is 1.27 bits per heavy atom. The van der Waals surface area contributed by atoms with Crippen molar-refractivity contribution in [2.75, 3.05) is 13.1 Å². The average Bonchev–Trinajstić information content (AvgIpc) is 2.47. The third kappa shape index (κ3) is 3.93. The Hall–Kier alpha value is -2.18. The molecule has 1 aromatic rings. The van der Waals surface area contributed by atoms with Gasteiger partial charge in [-0.2, -0.15) is 5.10 Å². The maximum Gasteiger partial charge on any atom is 0.271 e. The summed E-state index contributed by atoms with van der Waals surface area (Å²) in [5, 5.41) is 8.83. The molecule has 7 nitrogen and oxygen atoms in total. The molecule has 120 valence electrons. The summed E-state index contributed by atoms with van der Waals surface area (Å²) < 4.78 is 0. The number of carbonyl (C=O) groups excluding carboxylic acids is 2. The monoisotopic (exact) mass is 306 g/mol. The van der Waals surface area contributed by atoms with E-state index in [9.17, 15) is 14.4 Å². The summed E-state index contributed by atoms with van der Waals surface area (Å²) in [5.41, 5.74) is -0.533. The number of amides is 2. The molecule has 1 aliphatic rings. The summed E-state index contributed by atoms with van der Waals surface area (Å²) in [6.07, 6.45) is 1.44. The number of hydrogen-bond acceptors (Lipinski definition) is 4. The zero-order valence-corrected chi connectivity index (χ0v) is 13.2. The summed E-state index contributed by atoms with van der Waals surface area (Å²) in [5.74, 6) is -0.170. The molecule has 22 heavy (non-hydrogen) atoms. The second kappa shape index (κ2) is 6.29. The van der Waals surface area contributed by atoms with E-state index in [0.717, 1.165) is 12.8 Å². The molecule has 2 rings (SSSR count). The zero-order valence-electron chi connectivity index (χ0n) is 13.2. The minimum absolute atomic E-state index is 0.0187. The highest BCUT2D eigenvalue weighted by molar-refractivity contribution is 5.92. The molecular formula is C15H22N4O3. The number of H-pyrrole nitrogens is 1. The number of aromatic nitrogens is 2. The fourth-order valence-electron chi connectivity index (χ4n) is 2.43. The Morgan fingerprint density at radius 3 is 2.41 bits per heavy atom. The molecule has 1 aliphatic heterocycles. The summed E-state index contributed by atoms with van der Waals surface area (Å²) in [6, 6.07) is 2.68. The summed E-state index contributed by atoms with van der Waals surface area (Å²) >= 11 is 0. The van der Waals surface area contributed by atoms with Gasteiger partial charge in [-0.05, 0) is 18.9 Å². The first-order valence-electron chi connectivity index (χ1n) is 7.43. The van der Waals surface area contributed by atoms with Crippen molar-refractivity contribution in [2.24, 2.45) is 5.41 Å². The Morgan fingerprint density at radius 2 is 1.91 bits per heavy atom. The van der Waals surface area contributed by atoms with Crippen LogP contribution in [0.3, 0.4) is 0 Å². The van der Waals surface area contributed by atoms with Crippen LogP contribution < -0.4 is 10.9 Å². The van der Waals surface area contributed by atoms with Crippen LogP contribution in [0, 0.1) is 5.41 Å². The molecule has 0 aliphatic carbocycles. The van der Waals surface area contributed by atoms with E-state index >= 15 is 0 Å². The standard InChI is InChI=1S/C15H22N4O3/c1-15(2,3)14(22)19-8-6-10(7-9-19)16-13(21)11-4-5-12(20)18-17-11/h4-5,10H,6-9H2,1-3H3,(H,16,21)(H,18,20). The summed E-state index contributed by atoms with van der Waals surface area (Å²) in [7, 11) is 0. The van der Waals surface area contributed by atoms with Crippen LogP contribution in [0.5, 0.6) is 0 Å². The molecule has 1 saturated heterocycles. The number of likely N-dealkylation sites (tertiary alicyclic amines) is 1. The number of nitrogens with zero attached hydrogens (tertiary/aromatic N) is 2. The van der Waals surface area contributed by atoms with Crippen LogP contribution in [0.1, 0.15) is 44.1 Å². The van der Waals surface area contributed by atoms with Crippen LogP contribution in [-0.2, 0) is 4.79 Å². The van der Waals surface area contributed by atoms with E-state index in [1.807, 2.05) is 25.7 Å². The highest BCUT2D eigenvalue weighted by Crippen LogP contribution is 2.21. The molecule has 0 spiro atoms. The van der Waals surface area contributed by atoms with Gasteiger partial charge in [0.05, 0.1) is 0 Å². The lowest BCUT2D eigenvalue weighted by atomic mass is 9.93. The van der Waals surface area contributed by atoms with Crippen LogP contribution in [0.2, 0.25) is 0 Å². The van der Waals surface area contributed by atoms with Crippen molar-refractivity contribution in [3.8, 4) is 0 Å². The molecule has 2 N–H and O–H groups in total. The number of carbonyl (C=O) groups is 2. The topological polar surface area (TPSA) is 95.2 Å². The quantitative estimate of drug-likeness (QED) is 0.833. The first-order chi connectivity index (χ1) is 10.3. The van der Waals surface area contributed by atoms with Gasteiger partial charge in [0.15, 0.2) is 0 Å². The number of piperidine rings is 1. The second-order valence-electron chi connectivity index (χ2n) is 6.60. The van der Waals surface area contributed by atoms with E-state index in [0.29, 0.717) is 13.1 Å². The Labute approximate surface area is 129 Å². The van der Waals surface area contributed by atoms with Crippen molar-refractivity contribution in [1.82, 2.24) is 20.4 Å². The van der Waals surface area contributed by atoms with Crippen molar-refractivity contribution in [3.05, 3.63) is 28.2 Å². The van der Waals surface area contributed by atoms with E-state index in [1.54, 1.807) is 0 Å². The normalized spacial score (nSPS) is 16.4. The first-order valence-corrected chi connectivity index (χ1v) is 7.43. The lowest BCUT2D eigenvalue weighted by Crippen LogP contribution is -2.49. The second-order valence-corrected chi connectivity index (χ2v) is 6.60. The Bertz CT molecular complexity index is 589. The lowest BCUT2D eigenvalue weighted by molar-refractivity contribution is -0.140. The predicted octanol–water partition coefficient (Wildman–Crippen LogP) is 0.537. The largest absolute Gasteiger partial charge is 0.348 e. The molecule has 2 heterocycles. The zero-order chi connectivity index (χ0) is 16.3. The Balaban J connectivity index is 1.87. The number of hydrogen-bond donors (Lipinski definition) is 2. The molecule has 0 radical (unpaired) electrons. The van der Waals surface area contributed by atoms with Crippen molar-refractivity contribution in [2.45, 2.75) is 39.7 Å². The van der Waals surface area contributed by atoms with E-state index in [1.165, 1.54) is 12.1 Å². The lowest BCUT2D eigenvalue weighted by Gasteiger charge is -2.35. The predicted molar refractivity (Wildman–Crippen MR) is 81.4 cm³/mol. The molecule has 0 unspecified atom stereocenters. The van der Waals surface area contributed by atoms with Crippen molar-refractivity contribution >= 4 is 11.8 Å². The van der Waals surface area contributed by atoms with Gasteiger partial charge in [-0.25, -0.2) is 5.10 Å². The van der Waals surface area contributed by atoms with Gasteiger partial charge in [0.2, 0.25) is 5.91 Å². The molecule has 2 amide bonds. The SMILES string of the molecule is CC(C)(C)C(=O)N1CCC(NC(=O)c2ccc(=O)[nH]n2)CC1. The van der Waals surface area contributed by atoms with Crippen LogP contribution in [0.25, 0.3) is 0 Å². The fraction of sp³-hybridized carbons (Fsp3) is 0.600. The van der Waals surface area contributed by atoms with Crippen molar-refractivity contribution in [1.29, 1.82) is 0 Å². The molecule has 1 aromatic heterocycles. The minimum atomic E-state index is -0.379. The van der Waals surface area contributed by atoms with Gasteiger partial charge < -0.3 is 10.2 Å². The van der Waals surface area contributed by atoms with Gasteiger partial charge >= 0.3 is 0 Å². The maximum atomic E-state index is 12.2. The van der Waals surface area contributed by atoms with Gasteiger partial charge in [0, 0.05) is 30.6 Å². The number of nitrogens with one attached hydrogen (secondary N) is 2. The van der Waals surface area contributed by atoms with Crippen LogP contribution >= 0.6 is 0 Å². The average molecular weight is 306 g/mol. The first kappa shape index (κ1) is 16.2. The highest BCUT2D eigenvalue weighted by Gasteiger charge is 2.30. The van der Waals surface area contributed by atoms with Crippen LogP contribution in [0.15, 0.2) is 16.9 Å². The van der Waals surface area contributed by atoms with Gasteiger partial charge in [-0.1, -0.05) is 20.8 Å². The van der Waals surface area contributed by atoms with Gasteiger partial charge in [-0.3, -0.25) is 14.4 Å². The summed E-state index contributed by atoms with van der Waals surface area (Å²) in [6.45, 7) is 7.00. The van der Waals surface area contributed by atoms with Crippen LogP contribution in [0.4, 0.5) is 0 Å². The van der Waals surface area contributed by atoms with Crippen LogP contribution in [-0.4, -0.2) is 46.0 Å². The third-order valence-electron chi connectivity index (χ3n) is 3.67. The van der Waals surface area contributed by atoms with E-state index < -0.39 is 0 Å². The van der Waals surface area contributed by atoms with Crippen molar-refractivity contribution in [3.63, 3.8) is 0 Å². The van der Waals surface area contributed by atoms with Gasteiger partial charge in [0.1, 0.15) is 5.69 Å². The molecule has 0 atom stereocenters. The molecule has 7 heteroatoms. The third-order valence-corrected chi connectivity index (χ3v) is 3.67. The van der Waals surface area contributed by atoms with Gasteiger partial charge in [0.25, 0.3) is 11.5 Å². The van der Waals surface area contributed by atoms with E-state index in [2.05, 4.69) is 15.5 Å². The molecule has 0 saturated carbocycles. The minimum Gasteiger partial charge on any atom is -0.348 e. The van der Waals surface area contributed by atoms with E-state index in [4.69, 9.17) is 0 Å². The maximum absolute atomic E-state index is 12.2. The smallest absolute Gasteiger partial charge is 0.271 e.